The van der Waals surface area contributed by atoms with E-state index in [0.717, 1.165) is 42.9 Å². The van der Waals surface area contributed by atoms with Gasteiger partial charge in [-0.1, -0.05) is 67.4 Å². The SMILES string of the molecule is COc1ccc(C(SCCCCCCO)(c2ccccc2)c2ccc(OC)cc2)cc1. The van der Waals surface area contributed by atoms with Crippen molar-refractivity contribution in [3.8, 4) is 11.5 Å². The molecule has 164 valence electrons. The van der Waals surface area contributed by atoms with E-state index >= 15 is 0 Å². The molecule has 0 radical (unpaired) electrons. The molecule has 4 heteroatoms. The summed E-state index contributed by atoms with van der Waals surface area (Å²) < 4.78 is 10.5. The van der Waals surface area contributed by atoms with E-state index in [1.54, 1.807) is 14.2 Å². The first-order valence-electron chi connectivity index (χ1n) is 10.8. The number of unbranched alkanes of at least 4 members (excludes halogenated alkanes) is 3. The molecule has 31 heavy (non-hydrogen) atoms. The molecular formula is C27H32O3S. The van der Waals surface area contributed by atoms with Gasteiger partial charge in [0.25, 0.3) is 0 Å². The van der Waals surface area contributed by atoms with Crippen molar-refractivity contribution in [3.05, 3.63) is 95.6 Å². The molecule has 0 aliphatic heterocycles. The van der Waals surface area contributed by atoms with Gasteiger partial charge < -0.3 is 14.6 Å². The third-order valence-electron chi connectivity index (χ3n) is 5.54. The van der Waals surface area contributed by atoms with Crippen LogP contribution in [0, 0.1) is 0 Å². The van der Waals surface area contributed by atoms with Crippen molar-refractivity contribution in [2.75, 3.05) is 26.6 Å². The molecule has 3 rings (SSSR count). The first-order chi connectivity index (χ1) is 15.2. The monoisotopic (exact) mass is 436 g/mol. The maximum absolute atomic E-state index is 9.06. The van der Waals surface area contributed by atoms with Gasteiger partial charge in [-0.15, -0.1) is 11.8 Å². The molecule has 0 spiro atoms. The van der Waals surface area contributed by atoms with Crippen molar-refractivity contribution < 1.29 is 14.6 Å². The van der Waals surface area contributed by atoms with Crippen LogP contribution in [0.25, 0.3) is 0 Å². The third-order valence-corrected chi connectivity index (χ3v) is 7.18. The summed E-state index contributed by atoms with van der Waals surface area (Å²) in [6.45, 7) is 0.277. The average molecular weight is 437 g/mol. The smallest absolute Gasteiger partial charge is 0.118 e. The number of benzene rings is 3. The lowest BCUT2D eigenvalue weighted by molar-refractivity contribution is 0.283. The lowest BCUT2D eigenvalue weighted by Crippen LogP contribution is -2.26. The van der Waals surface area contributed by atoms with Crippen LogP contribution in [0.3, 0.4) is 0 Å². The molecule has 0 amide bonds. The summed E-state index contributed by atoms with van der Waals surface area (Å²) in [5.74, 6) is 2.74. The van der Waals surface area contributed by atoms with E-state index < -0.39 is 0 Å². The number of aliphatic hydroxyl groups is 1. The predicted octanol–water partition coefficient (Wildman–Crippen LogP) is 6.28. The van der Waals surface area contributed by atoms with Gasteiger partial charge in [0.05, 0.1) is 19.0 Å². The Balaban J connectivity index is 2.05. The highest BCUT2D eigenvalue weighted by atomic mass is 32.2. The number of aliphatic hydroxyl groups excluding tert-OH is 1. The van der Waals surface area contributed by atoms with Gasteiger partial charge in [0.2, 0.25) is 0 Å². The second-order valence-electron chi connectivity index (χ2n) is 7.49. The molecule has 0 aliphatic carbocycles. The van der Waals surface area contributed by atoms with Crippen LogP contribution in [-0.4, -0.2) is 31.7 Å². The number of methoxy groups -OCH3 is 2. The van der Waals surface area contributed by atoms with Gasteiger partial charge in [0.1, 0.15) is 11.5 Å². The minimum atomic E-state index is -0.337. The van der Waals surface area contributed by atoms with Crippen LogP contribution in [0.5, 0.6) is 11.5 Å². The lowest BCUT2D eigenvalue weighted by atomic mass is 9.84. The highest BCUT2D eigenvalue weighted by Crippen LogP contribution is 2.49. The van der Waals surface area contributed by atoms with E-state index in [1.807, 2.05) is 36.0 Å². The summed E-state index contributed by atoms with van der Waals surface area (Å²) in [7, 11) is 3.40. The number of thioether (sulfide) groups is 1. The topological polar surface area (TPSA) is 38.7 Å². The van der Waals surface area contributed by atoms with Crippen molar-refractivity contribution in [1.29, 1.82) is 0 Å². The minimum absolute atomic E-state index is 0.277. The first kappa shape index (κ1) is 23.2. The molecule has 0 saturated heterocycles. The van der Waals surface area contributed by atoms with Gasteiger partial charge >= 0.3 is 0 Å². The molecule has 0 fully saturated rings. The normalized spacial score (nSPS) is 11.3. The second-order valence-corrected chi connectivity index (χ2v) is 8.80. The third kappa shape index (κ3) is 5.63. The average Bonchev–Trinajstić information content (AvgIpc) is 2.85. The van der Waals surface area contributed by atoms with Crippen LogP contribution in [0.1, 0.15) is 42.4 Å². The Hall–Kier alpha value is -2.43. The van der Waals surface area contributed by atoms with E-state index in [2.05, 4.69) is 54.6 Å². The molecule has 3 aromatic carbocycles. The van der Waals surface area contributed by atoms with Crippen LogP contribution in [0.4, 0.5) is 0 Å². The molecule has 0 bridgehead atoms. The standard InChI is InChI=1S/C27H32O3S/c1-29-25-16-12-23(13-17-25)27(22-10-6-5-7-11-22,31-21-9-4-3-8-20-28)24-14-18-26(30-2)19-15-24/h5-7,10-19,28H,3-4,8-9,20-21H2,1-2H3. The van der Waals surface area contributed by atoms with Gasteiger partial charge in [-0.05, 0) is 59.6 Å². The van der Waals surface area contributed by atoms with Gasteiger partial charge in [-0.2, -0.15) is 0 Å². The number of rotatable bonds is 12. The van der Waals surface area contributed by atoms with Crippen LogP contribution >= 0.6 is 11.8 Å². The van der Waals surface area contributed by atoms with Crippen molar-refractivity contribution in [2.45, 2.75) is 30.4 Å². The Morgan fingerprint density at radius 3 is 1.61 bits per heavy atom. The molecular weight excluding hydrogens is 404 g/mol. The number of ether oxygens (including phenoxy) is 2. The van der Waals surface area contributed by atoms with Crippen molar-refractivity contribution >= 4 is 11.8 Å². The summed E-state index contributed by atoms with van der Waals surface area (Å²) in [5, 5.41) is 9.06. The maximum Gasteiger partial charge on any atom is 0.118 e. The maximum atomic E-state index is 9.06. The largest absolute Gasteiger partial charge is 0.497 e. The Morgan fingerprint density at radius 1 is 0.645 bits per heavy atom. The lowest BCUT2D eigenvalue weighted by Gasteiger charge is -2.35. The second kappa shape index (κ2) is 11.8. The van der Waals surface area contributed by atoms with Crippen molar-refractivity contribution in [2.24, 2.45) is 0 Å². The Morgan fingerprint density at radius 2 is 1.13 bits per heavy atom. The summed E-state index contributed by atoms with van der Waals surface area (Å²) in [4.78, 5) is 0. The fraction of sp³-hybridized carbons (Fsp3) is 0.333. The van der Waals surface area contributed by atoms with E-state index in [-0.39, 0.29) is 11.4 Å². The minimum Gasteiger partial charge on any atom is -0.497 e. The van der Waals surface area contributed by atoms with E-state index in [1.165, 1.54) is 16.7 Å². The van der Waals surface area contributed by atoms with Gasteiger partial charge in [-0.3, -0.25) is 0 Å². The van der Waals surface area contributed by atoms with Crippen LogP contribution in [-0.2, 0) is 4.75 Å². The molecule has 0 unspecified atom stereocenters. The molecule has 0 aliphatic rings. The van der Waals surface area contributed by atoms with Gasteiger partial charge in [0.15, 0.2) is 0 Å². The van der Waals surface area contributed by atoms with Crippen molar-refractivity contribution in [3.63, 3.8) is 0 Å². The Bertz CT molecular complexity index is 845. The van der Waals surface area contributed by atoms with Gasteiger partial charge in [0, 0.05) is 6.61 Å². The molecule has 1 N–H and O–H groups in total. The number of hydrogen-bond acceptors (Lipinski definition) is 4. The first-order valence-corrected chi connectivity index (χ1v) is 11.8. The highest BCUT2D eigenvalue weighted by Gasteiger charge is 2.36. The summed E-state index contributed by atoms with van der Waals surface area (Å²) in [6, 6.07) is 27.6. The zero-order chi connectivity index (χ0) is 21.9. The molecule has 0 saturated carbocycles. The zero-order valence-corrected chi connectivity index (χ0v) is 19.2. The van der Waals surface area contributed by atoms with E-state index in [4.69, 9.17) is 14.6 Å². The summed E-state index contributed by atoms with van der Waals surface area (Å²) in [6.07, 6.45) is 4.20. The quantitative estimate of drug-likeness (QED) is 0.268. The van der Waals surface area contributed by atoms with Crippen LogP contribution in [0.15, 0.2) is 78.9 Å². The Kier molecular flexibility index (Phi) is 8.86. The van der Waals surface area contributed by atoms with E-state index in [9.17, 15) is 0 Å². The van der Waals surface area contributed by atoms with Gasteiger partial charge in [-0.25, -0.2) is 0 Å². The number of hydrogen-bond donors (Lipinski definition) is 1. The van der Waals surface area contributed by atoms with Crippen LogP contribution < -0.4 is 9.47 Å². The van der Waals surface area contributed by atoms with Crippen LogP contribution in [0.2, 0.25) is 0 Å². The summed E-state index contributed by atoms with van der Waals surface area (Å²) in [5.41, 5.74) is 3.71. The molecule has 0 atom stereocenters. The highest BCUT2D eigenvalue weighted by molar-refractivity contribution is 8.00. The zero-order valence-electron chi connectivity index (χ0n) is 18.4. The summed E-state index contributed by atoms with van der Waals surface area (Å²) >= 11 is 1.97. The van der Waals surface area contributed by atoms with E-state index in [0.29, 0.717) is 0 Å². The Labute approximate surface area is 190 Å². The fourth-order valence-corrected chi connectivity index (χ4v) is 5.43. The molecule has 0 aromatic heterocycles. The predicted molar refractivity (Wildman–Crippen MR) is 130 cm³/mol. The fourth-order valence-electron chi connectivity index (χ4n) is 3.87. The molecule has 0 heterocycles. The van der Waals surface area contributed by atoms with Crippen molar-refractivity contribution in [1.82, 2.24) is 0 Å². The molecule has 3 aromatic rings. The molecule has 3 nitrogen and oxygen atoms in total.